The molecule has 2 aromatic rings. The van der Waals surface area contributed by atoms with Crippen molar-refractivity contribution in [2.75, 3.05) is 26.3 Å². The fourth-order valence-corrected chi connectivity index (χ4v) is 5.07. The minimum Gasteiger partial charge on any atom is -0.438 e. The first-order valence-corrected chi connectivity index (χ1v) is 12.6. The zero-order chi connectivity index (χ0) is 26.1. The summed E-state index contributed by atoms with van der Waals surface area (Å²) in [6.45, 7) is 11.5. The molecule has 1 aliphatic heterocycles. The van der Waals surface area contributed by atoms with Crippen LogP contribution in [0.5, 0.6) is 11.6 Å². The number of nitrogens with one attached hydrogen (secondary N) is 1. The summed E-state index contributed by atoms with van der Waals surface area (Å²) >= 11 is 0. The van der Waals surface area contributed by atoms with E-state index in [0.29, 0.717) is 5.56 Å². The molecule has 1 saturated heterocycles. The van der Waals surface area contributed by atoms with Crippen molar-refractivity contribution < 1.29 is 27.6 Å². The average Bonchev–Trinajstić information content (AvgIpc) is 3.10. The molecule has 0 saturated carbocycles. The van der Waals surface area contributed by atoms with Crippen molar-refractivity contribution in [1.82, 2.24) is 19.4 Å². The Morgan fingerprint density at radius 1 is 1.26 bits per heavy atom. The third kappa shape index (κ3) is 5.63. The van der Waals surface area contributed by atoms with Crippen molar-refractivity contribution >= 4 is 21.6 Å². The van der Waals surface area contributed by atoms with Gasteiger partial charge in [0, 0.05) is 36.8 Å². The van der Waals surface area contributed by atoms with Crippen LogP contribution in [0.4, 0.5) is 5.69 Å². The lowest BCUT2D eigenvalue weighted by molar-refractivity contribution is -0.385. The van der Waals surface area contributed by atoms with Gasteiger partial charge in [0.1, 0.15) is 10.6 Å². The van der Waals surface area contributed by atoms with E-state index in [2.05, 4.69) is 10.4 Å². The maximum absolute atomic E-state index is 13.5. The van der Waals surface area contributed by atoms with Crippen LogP contribution in [0.3, 0.4) is 0 Å². The van der Waals surface area contributed by atoms with Gasteiger partial charge in [0.05, 0.1) is 23.7 Å². The van der Waals surface area contributed by atoms with Gasteiger partial charge in [-0.2, -0.15) is 9.40 Å². The molecule has 1 fully saturated rings. The standard InChI is InChI=1S/C22H31N5O7S/c1-14(2)23-20(28)19-15(3)21(26(24-19)22(4,5)6)34-17-8-7-16(27(29)30)13-18(17)35(31,32)25-9-11-33-12-10-25/h7-8,13-14H,9-12H2,1-6H3,(H,23,28). The molecule has 1 N–H and O–H groups in total. The molecular weight excluding hydrogens is 478 g/mol. The quantitative estimate of drug-likeness (QED) is 0.443. The van der Waals surface area contributed by atoms with Crippen LogP contribution in [0.2, 0.25) is 0 Å². The molecule has 3 rings (SSSR count). The van der Waals surface area contributed by atoms with Gasteiger partial charge in [-0.25, -0.2) is 13.1 Å². The molecule has 1 aromatic heterocycles. The van der Waals surface area contributed by atoms with Crippen molar-refractivity contribution in [3.63, 3.8) is 0 Å². The van der Waals surface area contributed by atoms with Crippen LogP contribution in [0.1, 0.15) is 50.7 Å². The number of hydrogen-bond acceptors (Lipinski definition) is 8. The molecule has 12 nitrogen and oxygen atoms in total. The number of non-ortho nitro benzene ring substituents is 1. The Balaban J connectivity index is 2.15. The maximum atomic E-state index is 13.5. The minimum absolute atomic E-state index is 0.105. The van der Waals surface area contributed by atoms with Crippen molar-refractivity contribution in [2.45, 2.75) is 58.0 Å². The summed E-state index contributed by atoms with van der Waals surface area (Å²) in [5.74, 6) is -0.333. The predicted octanol–water partition coefficient (Wildman–Crippen LogP) is 2.81. The molecule has 1 amide bonds. The summed E-state index contributed by atoms with van der Waals surface area (Å²) < 4.78 is 41.0. The zero-order valence-electron chi connectivity index (χ0n) is 20.7. The highest BCUT2D eigenvalue weighted by Gasteiger charge is 2.33. The van der Waals surface area contributed by atoms with E-state index in [-0.39, 0.29) is 60.3 Å². The highest BCUT2D eigenvalue weighted by atomic mass is 32.2. The van der Waals surface area contributed by atoms with E-state index >= 15 is 0 Å². The molecule has 0 radical (unpaired) electrons. The summed E-state index contributed by atoms with van der Waals surface area (Å²) in [5, 5.41) is 18.7. The smallest absolute Gasteiger partial charge is 0.272 e. The molecule has 2 heterocycles. The van der Waals surface area contributed by atoms with Crippen LogP contribution in [0, 0.1) is 17.0 Å². The van der Waals surface area contributed by atoms with Crippen LogP contribution >= 0.6 is 0 Å². The number of morpholine rings is 1. The Morgan fingerprint density at radius 2 is 1.89 bits per heavy atom. The fourth-order valence-electron chi connectivity index (χ4n) is 3.53. The number of hydrogen-bond donors (Lipinski definition) is 1. The normalized spacial score (nSPS) is 15.3. The number of benzene rings is 1. The first kappa shape index (κ1) is 26.6. The lowest BCUT2D eigenvalue weighted by atomic mass is 10.1. The van der Waals surface area contributed by atoms with Crippen molar-refractivity contribution in [2.24, 2.45) is 0 Å². The lowest BCUT2D eigenvalue weighted by Gasteiger charge is -2.27. The molecule has 1 aliphatic rings. The monoisotopic (exact) mass is 509 g/mol. The van der Waals surface area contributed by atoms with Crippen LogP contribution in [-0.4, -0.2) is 65.7 Å². The van der Waals surface area contributed by atoms with Crippen LogP contribution < -0.4 is 10.1 Å². The van der Waals surface area contributed by atoms with Gasteiger partial charge < -0.3 is 14.8 Å². The number of nitro groups is 1. The summed E-state index contributed by atoms with van der Waals surface area (Å²) in [4.78, 5) is 23.1. The molecule has 192 valence electrons. The summed E-state index contributed by atoms with van der Waals surface area (Å²) in [6.07, 6.45) is 0. The van der Waals surface area contributed by atoms with Crippen LogP contribution in [0.15, 0.2) is 23.1 Å². The first-order chi connectivity index (χ1) is 16.2. The van der Waals surface area contributed by atoms with Crippen molar-refractivity contribution in [3.8, 4) is 11.6 Å². The van der Waals surface area contributed by atoms with Gasteiger partial charge in [0.2, 0.25) is 15.9 Å². The second-order valence-electron chi connectivity index (χ2n) is 9.50. The highest BCUT2D eigenvalue weighted by molar-refractivity contribution is 7.89. The molecular formula is C22H31N5O7S. The molecule has 13 heteroatoms. The number of carbonyl (C=O) groups excluding carboxylic acids is 1. The number of carbonyl (C=O) groups is 1. The third-order valence-corrected chi connectivity index (χ3v) is 7.19. The van der Waals surface area contributed by atoms with Crippen LogP contribution in [-0.2, 0) is 20.3 Å². The molecule has 0 aliphatic carbocycles. The topological polar surface area (TPSA) is 146 Å². The third-order valence-electron chi connectivity index (χ3n) is 5.27. The average molecular weight is 510 g/mol. The van der Waals surface area contributed by atoms with E-state index in [9.17, 15) is 23.3 Å². The summed E-state index contributed by atoms with van der Waals surface area (Å²) in [6, 6.07) is 3.29. The van der Waals surface area contributed by atoms with E-state index in [0.717, 1.165) is 6.07 Å². The molecule has 1 aromatic carbocycles. The number of rotatable bonds is 7. The van der Waals surface area contributed by atoms with E-state index in [1.165, 1.54) is 21.1 Å². The Bertz CT molecular complexity index is 1230. The zero-order valence-corrected chi connectivity index (χ0v) is 21.5. The summed E-state index contributed by atoms with van der Waals surface area (Å²) in [5.41, 5.74) is -0.461. The lowest BCUT2D eigenvalue weighted by Crippen LogP contribution is -2.40. The Hall–Kier alpha value is -3.03. The van der Waals surface area contributed by atoms with Gasteiger partial charge in [-0.3, -0.25) is 14.9 Å². The first-order valence-electron chi connectivity index (χ1n) is 11.2. The number of ether oxygens (including phenoxy) is 2. The molecule has 0 spiro atoms. The number of nitrogens with zero attached hydrogens (tertiary/aromatic N) is 4. The van der Waals surface area contributed by atoms with E-state index in [1.54, 1.807) is 6.92 Å². The second-order valence-corrected chi connectivity index (χ2v) is 11.4. The second kappa shape index (κ2) is 9.91. The fraction of sp³-hybridized carbons (Fsp3) is 0.545. The largest absolute Gasteiger partial charge is 0.438 e. The van der Waals surface area contributed by atoms with Crippen LogP contribution in [0.25, 0.3) is 0 Å². The maximum Gasteiger partial charge on any atom is 0.272 e. The van der Waals surface area contributed by atoms with Gasteiger partial charge in [0.15, 0.2) is 5.69 Å². The molecule has 0 unspecified atom stereocenters. The van der Waals surface area contributed by atoms with E-state index in [4.69, 9.17) is 9.47 Å². The number of nitro benzene ring substituents is 1. The molecule has 0 atom stereocenters. The highest BCUT2D eigenvalue weighted by Crippen LogP contribution is 2.37. The molecule has 0 bridgehead atoms. The van der Waals surface area contributed by atoms with Gasteiger partial charge in [-0.05, 0) is 47.6 Å². The van der Waals surface area contributed by atoms with E-state index < -0.39 is 26.4 Å². The van der Waals surface area contributed by atoms with Crippen molar-refractivity contribution in [3.05, 3.63) is 39.6 Å². The predicted molar refractivity (Wildman–Crippen MR) is 127 cm³/mol. The Morgan fingerprint density at radius 3 is 2.43 bits per heavy atom. The number of sulfonamides is 1. The van der Waals surface area contributed by atoms with Crippen molar-refractivity contribution in [1.29, 1.82) is 0 Å². The number of aromatic nitrogens is 2. The van der Waals surface area contributed by atoms with Gasteiger partial charge in [0.25, 0.3) is 11.6 Å². The van der Waals surface area contributed by atoms with Gasteiger partial charge in [-0.15, -0.1) is 0 Å². The van der Waals surface area contributed by atoms with Gasteiger partial charge in [-0.1, -0.05) is 0 Å². The summed E-state index contributed by atoms with van der Waals surface area (Å²) in [7, 11) is -4.14. The van der Waals surface area contributed by atoms with Gasteiger partial charge >= 0.3 is 0 Å². The Kier molecular flexibility index (Phi) is 7.53. The minimum atomic E-state index is -4.14. The Labute approximate surface area is 204 Å². The van der Waals surface area contributed by atoms with E-state index in [1.807, 2.05) is 34.6 Å². The number of amides is 1. The molecule has 35 heavy (non-hydrogen) atoms. The SMILES string of the molecule is Cc1c(C(=O)NC(C)C)nn(C(C)(C)C)c1Oc1ccc([N+](=O)[O-])cc1S(=O)(=O)N1CCOCC1.